The minimum absolute atomic E-state index is 0.314. The van der Waals surface area contributed by atoms with Gasteiger partial charge in [0, 0.05) is 0 Å². The number of hydrogen-bond donors (Lipinski definition) is 0. The van der Waals surface area contributed by atoms with Crippen molar-refractivity contribution in [3.63, 3.8) is 0 Å². The van der Waals surface area contributed by atoms with E-state index in [4.69, 9.17) is 4.74 Å². The Hall–Kier alpha value is -0.0400. The molecule has 0 aromatic carbocycles. The topological polar surface area (TPSA) is 12.5 Å². The van der Waals surface area contributed by atoms with Gasteiger partial charge in [-0.3, -0.25) is 0 Å². The van der Waals surface area contributed by atoms with Crippen molar-refractivity contribution < 1.29 is 4.74 Å². The maximum atomic E-state index is 5.66. The van der Waals surface area contributed by atoms with Crippen molar-refractivity contribution in [2.24, 2.45) is 17.3 Å². The summed E-state index contributed by atoms with van der Waals surface area (Å²) in [7, 11) is 0. The fourth-order valence-electron chi connectivity index (χ4n) is 3.17. The third-order valence-electron chi connectivity index (χ3n) is 4.42. The zero-order valence-electron chi connectivity index (χ0n) is 7.55. The second-order valence-corrected chi connectivity index (χ2v) is 5.39. The first-order valence-electron chi connectivity index (χ1n) is 4.72. The van der Waals surface area contributed by atoms with Gasteiger partial charge in [0.2, 0.25) is 0 Å². The molecular weight excluding hydrogens is 136 g/mol. The van der Waals surface area contributed by atoms with E-state index in [1.54, 1.807) is 0 Å². The summed E-state index contributed by atoms with van der Waals surface area (Å²) < 4.78 is 5.66. The Bertz CT molecular complexity index is 221. The summed E-state index contributed by atoms with van der Waals surface area (Å²) in [5.41, 5.74) is 0.967. The van der Waals surface area contributed by atoms with Gasteiger partial charge in [-0.2, -0.15) is 0 Å². The molecule has 2 saturated carbocycles. The van der Waals surface area contributed by atoms with Crippen LogP contribution in [0.3, 0.4) is 0 Å². The van der Waals surface area contributed by atoms with Crippen LogP contribution >= 0.6 is 0 Å². The van der Waals surface area contributed by atoms with Gasteiger partial charge in [0.05, 0.1) is 11.7 Å². The first-order valence-corrected chi connectivity index (χ1v) is 4.72. The smallest absolute Gasteiger partial charge is 0.0923 e. The summed E-state index contributed by atoms with van der Waals surface area (Å²) in [6.45, 7) is 7.11. The van der Waals surface area contributed by atoms with Crippen LogP contribution in [-0.4, -0.2) is 11.7 Å². The van der Waals surface area contributed by atoms with Crippen LogP contribution in [0.15, 0.2) is 0 Å². The summed E-state index contributed by atoms with van der Waals surface area (Å²) in [5.74, 6) is 1.97. The van der Waals surface area contributed by atoms with Crippen molar-refractivity contribution in [2.75, 3.05) is 0 Å². The summed E-state index contributed by atoms with van der Waals surface area (Å²) in [6, 6.07) is 0. The highest BCUT2D eigenvalue weighted by Gasteiger charge is 2.70. The molecule has 1 heterocycles. The van der Waals surface area contributed by atoms with Gasteiger partial charge in [-0.15, -0.1) is 0 Å². The Morgan fingerprint density at radius 3 is 2.55 bits per heavy atom. The Labute approximate surface area is 68.1 Å². The highest BCUT2D eigenvalue weighted by atomic mass is 16.6. The van der Waals surface area contributed by atoms with Crippen molar-refractivity contribution in [1.82, 2.24) is 0 Å². The molecule has 1 heteroatoms. The van der Waals surface area contributed by atoms with E-state index in [-0.39, 0.29) is 0 Å². The third-order valence-corrected chi connectivity index (χ3v) is 4.42. The van der Waals surface area contributed by atoms with E-state index < -0.39 is 0 Å². The van der Waals surface area contributed by atoms with Crippen LogP contribution < -0.4 is 0 Å². The minimum Gasteiger partial charge on any atom is -0.366 e. The average molecular weight is 152 g/mol. The molecule has 0 amide bonds. The number of rotatable bonds is 0. The first-order chi connectivity index (χ1) is 5.04. The molecule has 3 aliphatic rings. The van der Waals surface area contributed by atoms with Crippen LogP contribution in [0.4, 0.5) is 0 Å². The van der Waals surface area contributed by atoms with E-state index in [9.17, 15) is 0 Å². The van der Waals surface area contributed by atoms with E-state index >= 15 is 0 Å². The second-order valence-electron chi connectivity index (χ2n) is 5.39. The second kappa shape index (κ2) is 1.39. The summed E-state index contributed by atoms with van der Waals surface area (Å²) >= 11 is 0. The zero-order chi connectivity index (χ0) is 7.85. The van der Waals surface area contributed by atoms with Crippen LogP contribution in [0.25, 0.3) is 0 Å². The molecule has 0 spiro atoms. The minimum atomic E-state index is 0.314. The van der Waals surface area contributed by atoms with Gasteiger partial charge in [-0.1, -0.05) is 13.8 Å². The highest BCUT2D eigenvalue weighted by Crippen LogP contribution is 2.70. The predicted molar refractivity (Wildman–Crippen MR) is 43.3 cm³/mol. The molecular formula is C10H16O. The molecule has 0 N–H and O–H groups in total. The summed E-state index contributed by atoms with van der Waals surface area (Å²) in [4.78, 5) is 0. The molecule has 11 heavy (non-hydrogen) atoms. The highest BCUT2D eigenvalue weighted by molar-refractivity contribution is 5.18. The van der Waals surface area contributed by atoms with Crippen molar-refractivity contribution >= 4 is 0 Å². The van der Waals surface area contributed by atoms with Gasteiger partial charge in [-0.25, -0.2) is 0 Å². The quantitative estimate of drug-likeness (QED) is 0.485. The van der Waals surface area contributed by atoms with Crippen LogP contribution in [0, 0.1) is 17.3 Å². The van der Waals surface area contributed by atoms with Gasteiger partial charge >= 0.3 is 0 Å². The molecule has 3 rings (SSSR count). The Morgan fingerprint density at radius 2 is 1.91 bits per heavy atom. The molecule has 0 unspecified atom stereocenters. The van der Waals surface area contributed by atoms with E-state index in [0.717, 1.165) is 11.8 Å². The fourth-order valence-corrected chi connectivity index (χ4v) is 3.17. The molecule has 3 fully saturated rings. The number of ether oxygens (including phenoxy) is 1. The molecule has 1 nitrogen and oxygen atoms in total. The van der Waals surface area contributed by atoms with Crippen molar-refractivity contribution in [3.05, 3.63) is 0 Å². The molecule has 0 aromatic heterocycles. The molecule has 1 aliphatic heterocycles. The number of hydrogen-bond acceptors (Lipinski definition) is 1. The summed E-state index contributed by atoms with van der Waals surface area (Å²) in [5, 5.41) is 0. The lowest BCUT2D eigenvalue weighted by Crippen LogP contribution is -2.16. The van der Waals surface area contributed by atoms with Crippen molar-refractivity contribution in [3.8, 4) is 0 Å². The van der Waals surface area contributed by atoms with Gasteiger partial charge in [0.25, 0.3) is 0 Å². The molecule has 2 aliphatic carbocycles. The lowest BCUT2D eigenvalue weighted by Gasteiger charge is -2.09. The standard InChI is InChI=1S/C10H16O/c1-9(2)6-4-8-10(3,11-8)5-7(6)9/h6-8H,4-5H2,1-3H3/t6-,7-,8+,10+/m0/s1. The number of epoxide rings is 1. The first kappa shape index (κ1) is 6.47. The van der Waals surface area contributed by atoms with E-state index in [0.29, 0.717) is 17.1 Å². The lowest BCUT2D eigenvalue weighted by molar-refractivity contribution is 0.282. The largest absolute Gasteiger partial charge is 0.366 e. The molecule has 0 radical (unpaired) electrons. The molecule has 0 aromatic rings. The fraction of sp³-hybridized carbons (Fsp3) is 1.00. The van der Waals surface area contributed by atoms with Crippen LogP contribution in [0.2, 0.25) is 0 Å². The van der Waals surface area contributed by atoms with E-state index in [1.807, 2.05) is 0 Å². The third kappa shape index (κ3) is 0.618. The molecule has 1 saturated heterocycles. The predicted octanol–water partition coefficient (Wildman–Crippen LogP) is 2.21. The molecule has 0 bridgehead atoms. The monoisotopic (exact) mass is 152 g/mol. The lowest BCUT2D eigenvalue weighted by atomic mass is 9.91. The van der Waals surface area contributed by atoms with Crippen molar-refractivity contribution in [1.29, 1.82) is 0 Å². The SMILES string of the molecule is CC1(C)[C@H]2C[C@H]3O[C@]3(C)C[C@@H]21. The van der Waals surface area contributed by atoms with Gasteiger partial charge < -0.3 is 4.74 Å². The van der Waals surface area contributed by atoms with Gasteiger partial charge in [0.15, 0.2) is 0 Å². The van der Waals surface area contributed by atoms with Gasteiger partial charge in [0.1, 0.15) is 0 Å². The van der Waals surface area contributed by atoms with Crippen LogP contribution in [0.5, 0.6) is 0 Å². The Balaban J connectivity index is 1.85. The van der Waals surface area contributed by atoms with Gasteiger partial charge in [-0.05, 0) is 37.0 Å². The molecule has 4 atom stereocenters. The normalized spacial score (nSPS) is 63.0. The molecule has 62 valence electrons. The van der Waals surface area contributed by atoms with Crippen molar-refractivity contribution in [2.45, 2.75) is 45.3 Å². The zero-order valence-corrected chi connectivity index (χ0v) is 7.55. The summed E-state index contributed by atoms with van der Waals surface area (Å²) in [6.07, 6.45) is 3.30. The number of fused-ring (bicyclic) bond motifs is 2. The maximum absolute atomic E-state index is 5.66. The van der Waals surface area contributed by atoms with Crippen LogP contribution in [-0.2, 0) is 4.74 Å². The van der Waals surface area contributed by atoms with Crippen LogP contribution in [0.1, 0.15) is 33.6 Å². The maximum Gasteiger partial charge on any atom is 0.0923 e. The van der Waals surface area contributed by atoms with E-state index in [1.165, 1.54) is 12.8 Å². The van der Waals surface area contributed by atoms with E-state index in [2.05, 4.69) is 20.8 Å². The average Bonchev–Trinajstić information content (AvgIpc) is 2.68. The Kier molecular flexibility index (Phi) is 0.820. The Morgan fingerprint density at radius 1 is 1.18 bits per heavy atom.